The molecule has 0 bridgehead atoms. The van der Waals surface area contributed by atoms with E-state index in [9.17, 15) is 0 Å². The minimum atomic E-state index is 0.637. The van der Waals surface area contributed by atoms with E-state index in [-0.39, 0.29) is 0 Å². The molecule has 0 aliphatic carbocycles. The molecule has 1 N–H and O–H groups in total. The van der Waals surface area contributed by atoms with Crippen molar-refractivity contribution in [2.45, 2.75) is 34.7 Å². The summed E-state index contributed by atoms with van der Waals surface area (Å²) >= 11 is 3.75. The third-order valence-electron chi connectivity index (χ3n) is 2.77. The molecule has 1 aromatic rings. The topological polar surface area (TPSA) is 12.0 Å². The predicted octanol–water partition coefficient (Wildman–Crippen LogP) is 3.02. The molecule has 1 rings (SSSR count). The number of hydrogen-bond acceptors (Lipinski definition) is 2. The molecule has 0 heterocycles. The van der Waals surface area contributed by atoms with Gasteiger partial charge in [0.15, 0.2) is 0 Å². The van der Waals surface area contributed by atoms with Crippen molar-refractivity contribution < 1.29 is 0 Å². The van der Waals surface area contributed by atoms with Gasteiger partial charge in [-0.2, -0.15) is 0 Å². The quantitative estimate of drug-likeness (QED) is 0.755. The number of thioether (sulfide) groups is 1. The maximum atomic E-state index is 3.32. The number of rotatable bonds is 7. The number of likely N-dealkylation sites (N-methyl/N-ethyl adjacent to an activating group) is 1. The van der Waals surface area contributed by atoms with Gasteiger partial charge in [-0.15, -0.1) is 0 Å². The fourth-order valence-corrected chi connectivity index (χ4v) is 5.14. The molecular weight excluding hydrogens is 333 g/mol. The van der Waals surface area contributed by atoms with E-state index in [2.05, 4.69) is 61.3 Å². The third-order valence-corrected chi connectivity index (χ3v) is 5.00. The van der Waals surface area contributed by atoms with E-state index < -0.39 is 0 Å². The minimum absolute atomic E-state index is 0.637. The van der Waals surface area contributed by atoms with E-state index in [1.165, 1.54) is 12.0 Å². The summed E-state index contributed by atoms with van der Waals surface area (Å²) in [6.45, 7) is 5.74. The molecule has 1 aromatic carbocycles. The second-order valence-electron chi connectivity index (χ2n) is 4.49. The zero-order chi connectivity index (χ0) is 12.7. The Morgan fingerprint density at radius 2 is 1.88 bits per heavy atom. The molecule has 0 saturated heterocycles. The zero-order valence-electron chi connectivity index (χ0n) is 10.9. The summed E-state index contributed by atoms with van der Waals surface area (Å²) in [6.07, 6.45) is 1.26. The Hall–Kier alpha value is 0.329. The molecule has 3 heteroatoms. The van der Waals surface area contributed by atoms with Gasteiger partial charge in [0.25, 0.3) is 0 Å². The first-order valence-corrected chi connectivity index (χ1v) is 8.78. The maximum absolute atomic E-state index is 3.32. The fourth-order valence-electron chi connectivity index (χ4n) is 2.11. The van der Waals surface area contributed by atoms with Crippen LogP contribution in [0, 0.1) is 0 Å². The SMILES string of the molecule is CNCC(CC(C)S[CH](C)[Sn])c1ccccc1. The van der Waals surface area contributed by atoms with Gasteiger partial charge in [0.05, 0.1) is 0 Å². The predicted molar refractivity (Wildman–Crippen MR) is 80.0 cm³/mol. The Balaban J connectivity index is 2.60. The Morgan fingerprint density at radius 1 is 1.24 bits per heavy atom. The summed E-state index contributed by atoms with van der Waals surface area (Å²) in [5.41, 5.74) is 1.46. The van der Waals surface area contributed by atoms with Crippen LogP contribution in [-0.2, 0) is 0 Å². The van der Waals surface area contributed by atoms with Crippen LogP contribution in [0.5, 0.6) is 0 Å². The Bertz CT molecular complexity index is 302. The molecular formula is C14H22NSSn. The van der Waals surface area contributed by atoms with Crippen LogP contribution in [0.4, 0.5) is 0 Å². The van der Waals surface area contributed by atoms with E-state index in [0.29, 0.717) is 5.92 Å². The second-order valence-corrected chi connectivity index (χ2v) is 9.94. The van der Waals surface area contributed by atoms with Gasteiger partial charge in [-0.1, -0.05) is 0 Å². The summed E-state index contributed by atoms with van der Waals surface area (Å²) < 4.78 is 0.809. The second kappa shape index (κ2) is 8.43. The van der Waals surface area contributed by atoms with Gasteiger partial charge in [0, 0.05) is 0 Å². The summed E-state index contributed by atoms with van der Waals surface area (Å²) in [4.78, 5) is 0. The van der Waals surface area contributed by atoms with Gasteiger partial charge >= 0.3 is 124 Å². The van der Waals surface area contributed by atoms with Crippen molar-refractivity contribution in [2.75, 3.05) is 13.6 Å². The van der Waals surface area contributed by atoms with E-state index in [4.69, 9.17) is 0 Å². The van der Waals surface area contributed by atoms with Crippen LogP contribution in [-0.4, -0.2) is 44.6 Å². The first-order chi connectivity index (χ1) is 8.13. The molecule has 0 aliphatic rings. The molecule has 0 saturated carbocycles. The molecule has 0 spiro atoms. The third kappa shape index (κ3) is 6.16. The molecule has 3 radical (unpaired) electrons. The molecule has 0 amide bonds. The van der Waals surface area contributed by atoms with Crippen molar-refractivity contribution >= 4 is 34.3 Å². The van der Waals surface area contributed by atoms with Crippen LogP contribution < -0.4 is 5.32 Å². The molecule has 17 heavy (non-hydrogen) atoms. The van der Waals surface area contributed by atoms with Crippen LogP contribution >= 0.6 is 11.8 Å². The average molecular weight is 355 g/mol. The summed E-state index contributed by atoms with van der Waals surface area (Å²) in [5.74, 6) is 0.637. The van der Waals surface area contributed by atoms with Crippen LogP contribution in [0.15, 0.2) is 30.3 Å². The monoisotopic (exact) mass is 356 g/mol. The number of benzene rings is 1. The summed E-state index contributed by atoms with van der Waals surface area (Å²) in [5, 5.41) is 4.06. The van der Waals surface area contributed by atoms with Gasteiger partial charge < -0.3 is 0 Å². The van der Waals surface area contributed by atoms with Crippen LogP contribution in [0.1, 0.15) is 31.7 Å². The molecule has 0 aromatic heterocycles. The van der Waals surface area contributed by atoms with Crippen molar-refractivity contribution in [2.24, 2.45) is 0 Å². The van der Waals surface area contributed by atoms with Gasteiger partial charge in [0.1, 0.15) is 0 Å². The number of hydrogen-bond donors (Lipinski definition) is 1. The molecule has 3 unspecified atom stereocenters. The molecule has 0 aliphatic heterocycles. The number of nitrogens with one attached hydrogen (secondary N) is 1. The van der Waals surface area contributed by atoms with E-state index in [0.717, 1.165) is 15.1 Å². The van der Waals surface area contributed by atoms with Gasteiger partial charge in [-0.25, -0.2) is 0 Å². The Kier molecular flexibility index (Phi) is 7.63. The zero-order valence-corrected chi connectivity index (χ0v) is 14.6. The Labute approximate surface area is 123 Å². The normalized spacial score (nSPS) is 16.5. The molecule has 93 valence electrons. The Morgan fingerprint density at radius 3 is 2.41 bits per heavy atom. The van der Waals surface area contributed by atoms with Crippen molar-refractivity contribution in [3.8, 4) is 0 Å². The van der Waals surface area contributed by atoms with Crippen molar-refractivity contribution in [3.63, 3.8) is 0 Å². The van der Waals surface area contributed by atoms with E-state index in [1.54, 1.807) is 22.5 Å². The summed E-state index contributed by atoms with van der Waals surface area (Å²) in [7, 11) is 2.04. The van der Waals surface area contributed by atoms with Gasteiger partial charge in [0.2, 0.25) is 0 Å². The van der Waals surface area contributed by atoms with Gasteiger partial charge in [-0.3, -0.25) is 0 Å². The van der Waals surface area contributed by atoms with Crippen molar-refractivity contribution in [1.82, 2.24) is 5.32 Å². The average Bonchev–Trinajstić information content (AvgIpc) is 2.28. The van der Waals surface area contributed by atoms with E-state index in [1.807, 2.05) is 7.05 Å². The van der Waals surface area contributed by atoms with Crippen LogP contribution in [0.2, 0.25) is 0 Å². The van der Waals surface area contributed by atoms with Crippen molar-refractivity contribution in [1.29, 1.82) is 0 Å². The van der Waals surface area contributed by atoms with Crippen LogP contribution in [0.25, 0.3) is 0 Å². The standard InChI is InChI=1S/C14H22NS.Sn/c1-4-16-12(2)10-14(11-15-3)13-8-6-5-7-9-13;/h4-9,12,14-15H,10-11H2,1-3H3;. The van der Waals surface area contributed by atoms with E-state index >= 15 is 0 Å². The molecule has 0 fully saturated rings. The first kappa shape index (κ1) is 15.4. The van der Waals surface area contributed by atoms with Crippen LogP contribution in [0.3, 0.4) is 0 Å². The fraction of sp³-hybridized carbons (Fsp3) is 0.571. The molecule has 3 atom stereocenters. The van der Waals surface area contributed by atoms with Crippen molar-refractivity contribution in [3.05, 3.63) is 35.9 Å². The first-order valence-electron chi connectivity index (χ1n) is 6.19. The molecule has 1 nitrogen and oxygen atoms in total. The summed E-state index contributed by atoms with van der Waals surface area (Å²) in [6, 6.07) is 10.9. The van der Waals surface area contributed by atoms with Gasteiger partial charge in [-0.05, 0) is 0 Å².